The minimum Gasteiger partial charge on any atom is -0.0654 e. The van der Waals surface area contributed by atoms with E-state index in [-0.39, 0.29) is 0 Å². The Hall–Kier alpha value is 1.20. The molecule has 0 saturated carbocycles. The predicted octanol–water partition coefficient (Wildman–Crippen LogP) is 4.28. The second-order valence-electron chi connectivity index (χ2n) is 1.99. The van der Waals surface area contributed by atoms with Gasteiger partial charge in [0.05, 0.1) is 0 Å². The molecule has 0 aromatic rings. The summed E-state index contributed by atoms with van der Waals surface area (Å²) >= 11 is 4.68. The lowest BCUT2D eigenvalue weighted by Gasteiger charge is -1.90. The molecule has 0 saturated heterocycles. The van der Waals surface area contributed by atoms with Gasteiger partial charge in [0.25, 0.3) is 0 Å². The van der Waals surface area contributed by atoms with Crippen molar-refractivity contribution >= 4 is 45.2 Å². The van der Waals surface area contributed by atoms with Gasteiger partial charge in [-0.2, -0.15) is 0 Å². The van der Waals surface area contributed by atoms with Crippen LogP contribution in [0.15, 0.2) is 7.66 Å². The summed E-state index contributed by atoms with van der Waals surface area (Å²) in [6, 6.07) is 0. The Labute approximate surface area is 84.8 Å². The first-order valence-corrected chi connectivity index (χ1v) is 5.44. The molecule has 0 bridgehead atoms. The van der Waals surface area contributed by atoms with Gasteiger partial charge in [0.2, 0.25) is 0 Å². The molecule has 9 heavy (non-hydrogen) atoms. The van der Waals surface area contributed by atoms with E-state index in [0.717, 1.165) is 0 Å². The van der Waals surface area contributed by atoms with Crippen LogP contribution in [0.25, 0.3) is 0 Å². The summed E-state index contributed by atoms with van der Waals surface area (Å²) in [6.45, 7) is 2.23. The summed E-state index contributed by atoms with van der Waals surface area (Å²) in [5.74, 6) is 0. The maximum atomic E-state index is 2.34. The van der Waals surface area contributed by atoms with Gasteiger partial charge in [-0.15, -0.1) is 0 Å². The van der Waals surface area contributed by atoms with Crippen molar-refractivity contribution in [3.05, 3.63) is 7.66 Å². The lowest BCUT2D eigenvalue weighted by atomic mass is 10.2. The summed E-state index contributed by atoms with van der Waals surface area (Å²) in [5, 5.41) is 0. The predicted molar refractivity (Wildman–Crippen MR) is 60.3 cm³/mol. The van der Waals surface area contributed by atoms with Crippen LogP contribution in [0.5, 0.6) is 0 Å². The first-order valence-electron chi connectivity index (χ1n) is 3.28. The topological polar surface area (TPSA) is 0 Å². The molecule has 0 aromatic heterocycles. The monoisotopic (exact) mass is 350 g/mol. The van der Waals surface area contributed by atoms with E-state index >= 15 is 0 Å². The van der Waals surface area contributed by atoms with E-state index in [1.807, 2.05) is 0 Å². The molecule has 0 heterocycles. The van der Waals surface area contributed by atoms with Crippen molar-refractivity contribution in [2.24, 2.45) is 0 Å². The van der Waals surface area contributed by atoms with Crippen LogP contribution in [0.3, 0.4) is 0 Å². The van der Waals surface area contributed by atoms with E-state index in [1.54, 1.807) is 0 Å². The first kappa shape index (κ1) is 10.2. The highest BCUT2D eigenvalue weighted by Crippen LogP contribution is 2.16. The molecule has 54 valence electrons. The van der Waals surface area contributed by atoms with Crippen LogP contribution in [0.2, 0.25) is 0 Å². The van der Waals surface area contributed by atoms with Gasteiger partial charge in [-0.05, 0) is 58.0 Å². The van der Waals surface area contributed by atoms with Gasteiger partial charge in [0, 0.05) is 1.59 Å². The van der Waals surface area contributed by atoms with Gasteiger partial charge in [-0.1, -0.05) is 25.8 Å². The molecule has 0 unspecified atom stereocenters. The Bertz CT molecular complexity index is 82.9. The van der Waals surface area contributed by atoms with E-state index in [1.165, 1.54) is 27.3 Å². The highest BCUT2D eigenvalue weighted by atomic mass is 127. The van der Waals surface area contributed by atoms with Crippen LogP contribution in [0.4, 0.5) is 0 Å². The zero-order valence-electron chi connectivity index (χ0n) is 5.66. The standard InChI is InChI=1S/C7H12I2/c1-2-3-4-5-6-7(8)9/h6H,2-5H2,1H3. The van der Waals surface area contributed by atoms with E-state index in [9.17, 15) is 0 Å². The molecule has 0 amide bonds. The van der Waals surface area contributed by atoms with Crippen molar-refractivity contribution in [2.45, 2.75) is 32.6 Å². The van der Waals surface area contributed by atoms with Gasteiger partial charge in [0.1, 0.15) is 0 Å². The third-order valence-corrected chi connectivity index (χ3v) is 1.99. The van der Waals surface area contributed by atoms with E-state index in [4.69, 9.17) is 0 Å². The third kappa shape index (κ3) is 9.20. The molecule has 0 nitrogen and oxygen atoms in total. The normalized spacial score (nSPS) is 9.22. The molecule has 0 aliphatic rings. The quantitative estimate of drug-likeness (QED) is 0.525. The molecule has 0 aliphatic carbocycles. The fraction of sp³-hybridized carbons (Fsp3) is 0.714. The fourth-order valence-electron chi connectivity index (χ4n) is 0.606. The minimum atomic E-state index is 1.26. The molecule has 0 spiro atoms. The Balaban J connectivity index is 3.00. The van der Waals surface area contributed by atoms with Gasteiger partial charge in [0.15, 0.2) is 0 Å². The average molecular weight is 350 g/mol. The smallest absolute Gasteiger partial charge is 0.0474 e. The molecule has 0 rings (SSSR count). The molecule has 0 fully saturated rings. The Morgan fingerprint density at radius 2 is 2.00 bits per heavy atom. The van der Waals surface area contributed by atoms with Crippen LogP contribution in [0, 0.1) is 0 Å². The van der Waals surface area contributed by atoms with Crippen molar-refractivity contribution < 1.29 is 0 Å². The van der Waals surface area contributed by atoms with Gasteiger partial charge in [-0.3, -0.25) is 0 Å². The maximum absolute atomic E-state index is 2.34. The van der Waals surface area contributed by atoms with Crippen molar-refractivity contribution in [1.82, 2.24) is 0 Å². The number of halogens is 2. The van der Waals surface area contributed by atoms with Crippen LogP contribution in [-0.2, 0) is 0 Å². The number of unbranched alkanes of at least 4 members (excludes halogenated alkanes) is 3. The van der Waals surface area contributed by atoms with E-state index in [2.05, 4.69) is 58.2 Å². The zero-order chi connectivity index (χ0) is 7.11. The maximum Gasteiger partial charge on any atom is 0.0474 e. The van der Waals surface area contributed by atoms with E-state index < -0.39 is 0 Å². The van der Waals surface area contributed by atoms with Crippen molar-refractivity contribution in [2.75, 3.05) is 0 Å². The second kappa shape index (κ2) is 7.31. The largest absolute Gasteiger partial charge is 0.0654 e. The van der Waals surface area contributed by atoms with Gasteiger partial charge < -0.3 is 0 Å². The summed E-state index contributed by atoms with van der Waals surface area (Å²) in [7, 11) is 0. The lowest BCUT2D eigenvalue weighted by Crippen LogP contribution is -1.69. The van der Waals surface area contributed by atoms with Crippen molar-refractivity contribution in [3.8, 4) is 0 Å². The summed E-state index contributed by atoms with van der Waals surface area (Å²) in [6.07, 6.45) is 7.60. The molecular formula is C7H12I2. The first-order chi connectivity index (χ1) is 4.27. The Kier molecular flexibility index (Phi) is 8.28. The summed E-state index contributed by atoms with van der Waals surface area (Å²) < 4.78 is 1.39. The van der Waals surface area contributed by atoms with Gasteiger partial charge in [-0.25, -0.2) is 0 Å². The number of allylic oxidation sites excluding steroid dienone is 1. The van der Waals surface area contributed by atoms with Crippen LogP contribution >= 0.6 is 45.2 Å². The zero-order valence-corrected chi connectivity index (χ0v) is 9.98. The van der Waals surface area contributed by atoms with Crippen LogP contribution in [-0.4, -0.2) is 0 Å². The van der Waals surface area contributed by atoms with Crippen LogP contribution < -0.4 is 0 Å². The highest BCUT2D eigenvalue weighted by Gasteiger charge is 1.83. The fourth-order valence-corrected chi connectivity index (χ4v) is 1.23. The highest BCUT2D eigenvalue weighted by molar-refractivity contribution is 14.2. The van der Waals surface area contributed by atoms with Gasteiger partial charge >= 0.3 is 0 Å². The number of rotatable bonds is 4. The van der Waals surface area contributed by atoms with Crippen molar-refractivity contribution in [1.29, 1.82) is 0 Å². The molecule has 0 atom stereocenters. The second-order valence-corrected chi connectivity index (χ2v) is 6.38. The molecule has 0 N–H and O–H groups in total. The summed E-state index contributed by atoms with van der Waals surface area (Å²) in [4.78, 5) is 0. The van der Waals surface area contributed by atoms with Crippen molar-refractivity contribution in [3.63, 3.8) is 0 Å². The minimum absolute atomic E-state index is 1.26. The molecule has 0 radical (unpaired) electrons. The third-order valence-electron chi connectivity index (χ3n) is 1.11. The molecule has 2 heteroatoms. The Morgan fingerprint density at radius 3 is 2.44 bits per heavy atom. The molecule has 0 aromatic carbocycles. The van der Waals surface area contributed by atoms with Crippen LogP contribution in [0.1, 0.15) is 32.6 Å². The number of hydrogen-bond acceptors (Lipinski definition) is 0. The lowest BCUT2D eigenvalue weighted by molar-refractivity contribution is 0.729. The number of hydrogen-bond donors (Lipinski definition) is 0. The van der Waals surface area contributed by atoms with E-state index in [0.29, 0.717) is 0 Å². The SMILES string of the molecule is CCCCCC=C(I)I. The Morgan fingerprint density at radius 1 is 1.33 bits per heavy atom. The molecule has 0 aliphatic heterocycles. The molecular weight excluding hydrogens is 338 g/mol. The average Bonchev–Trinajstić information content (AvgIpc) is 1.80. The summed E-state index contributed by atoms with van der Waals surface area (Å²) in [5.41, 5.74) is 0.